The number of thioether (sulfide) groups is 1. The van der Waals surface area contributed by atoms with E-state index in [0.717, 1.165) is 48.5 Å². The molecule has 3 heterocycles. The third-order valence-corrected chi connectivity index (χ3v) is 6.89. The summed E-state index contributed by atoms with van der Waals surface area (Å²) in [7, 11) is 2.19. The number of hydrogen-bond acceptors (Lipinski definition) is 6. The number of anilines is 1. The standard InChI is InChI=1S/C23H23N5OS2/c1-26-9-2-10-27(12-11-26)17-4-6-18(7-5-17)28-15-24-19-8-3-16(13-20(19)28)14-21-22(29)25-23(30)31-21/h3-8,13-15H,2,9-12H2,1H3,(H,25,29,30). The molecule has 6 nitrogen and oxygen atoms in total. The molecule has 0 atom stereocenters. The number of thiocarbonyl (C=S) groups is 1. The molecule has 2 aromatic carbocycles. The molecule has 0 radical (unpaired) electrons. The summed E-state index contributed by atoms with van der Waals surface area (Å²) >= 11 is 6.37. The van der Waals surface area contributed by atoms with Crippen LogP contribution in [0.15, 0.2) is 53.7 Å². The van der Waals surface area contributed by atoms with Gasteiger partial charge in [0.15, 0.2) is 0 Å². The molecule has 1 aromatic heterocycles. The Morgan fingerprint density at radius 3 is 2.65 bits per heavy atom. The number of carbonyl (C=O) groups is 1. The van der Waals surface area contributed by atoms with Crippen molar-refractivity contribution in [3.8, 4) is 5.69 Å². The topological polar surface area (TPSA) is 53.4 Å². The van der Waals surface area contributed by atoms with E-state index in [9.17, 15) is 4.79 Å². The van der Waals surface area contributed by atoms with E-state index in [0.29, 0.717) is 9.23 Å². The summed E-state index contributed by atoms with van der Waals surface area (Å²) in [4.78, 5) is 22.0. The number of likely N-dealkylation sites (N-methyl/N-ethyl adjacent to an activating group) is 1. The van der Waals surface area contributed by atoms with E-state index >= 15 is 0 Å². The molecule has 0 saturated carbocycles. The van der Waals surface area contributed by atoms with Crippen LogP contribution in [0.1, 0.15) is 12.0 Å². The van der Waals surface area contributed by atoms with E-state index in [1.54, 1.807) is 0 Å². The average Bonchev–Trinajstić information content (AvgIpc) is 3.24. The normalized spacial score (nSPS) is 19.3. The maximum Gasteiger partial charge on any atom is 0.263 e. The number of benzene rings is 2. The quantitative estimate of drug-likeness (QED) is 0.487. The number of rotatable bonds is 3. The Balaban J connectivity index is 1.43. The van der Waals surface area contributed by atoms with Gasteiger partial charge in [0.2, 0.25) is 0 Å². The van der Waals surface area contributed by atoms with Gasteiger partial charge in [0, 0.05) is 31.0 Å². The van der Waals surface area contributed by atoms with Crippen molar-refractivity contribution in [1.82, 2.24) is 19.8 Å². The number of aromatic nitrogens is 2. The Labute approximate surface area is 190 Å². The maximum absolute atomic E-state index is 12.0. The first-order valence-corrected chi connectivity index (χ1v) is 11.6. The van der Waals surface area contributed by atoms with Crippen LogP contribution >= 0.6 is 24.0 Å². The van der Waals surface area contributed by atoms with Crippen LogP contribution in [0.5, 0.6) is 0 Å². The molecular weight excluding hydrogens is 426 g/mol. The van der Waals surface area contributed by atoms with E-state index in [2.05, 4.69) is 62.0 Å². The first kappa shape index (κ1) is 20.2. The fraction of sp³-hybridized carbons (Fsp3) is 0.261. The molecule has 2 aliphatic heterocycles. The van der Waals surface area contributed by atoms with E-state index in [4.69, 9.17) is 12.2 Å². The molecule has 1 amide bonds. The fourth-order valence-corrected chi connectivity index (χ4v) is 5.07. The molecule has 0 unspecified atom stereocenters. The van der Waals surface area contributed by atoms with Crippen molar-refractivity contribution in [2.24, 2.45) is 0 Å². The number of hydrogen-bond donors (Lipinski definition) is 1. The zero-order valence-electron chi connectivity index (χ0n) is 17.2. The third-order valence-electron chi connectivity index (χ3n) is 5.72. The Bertz CT molecular complexity index is 1180. The van der Waals surface area contributed by atoms with Crippen molar-refractivity contribution in [3.63, 3.8) is 0 Å². The Hall–Kier alpha value is -2.68. The van der Waals surface area contributed by atoms with Gasteiger partial charge in [0.1, 0.15) is 10.6 Å². The predicted octanol–water partition coefficient (Wildman–Crippen LogP) is 3.66. The van der Waals surface area contributed by atoms with Gasteiger partial charge in [-0.05, 0) is 68.1 Å². The molecule has 3 aromatic rings. The monoisotopic (exact) mass is 449 g/mol. The highest BCUT2D eigenvalue weighted by atomic mass is 32.2. The minimum atomic E-state index is -0.140. The van der Waals surface area contributed by atoms with Gasteiger partial charge in [0.25, 0.3) is 5.91 Å². The lowest BCUT2D eigenvalue weighted by molar-refractivity contribution is -0.115. The molecule has 2 fully saturated rings. The molecule has 158 valence electrons. The van der Waals surface area contributed by atoms with Gasteiger partial charge in [-0.3, -0.25) is 9.36 Å². The van der Waals surface area contributed by atoms with Crippen LogP contribution in [0.2, 0.25) is 0 Å². The lowest BCUT2D eigenvalue weighted by Crippen LogP contribution is -2.28. The smallest absolute Gasteiger partial charge is 0.263 e. The van der Waals surface area contributed by atoms with Crippen molar-refractivity contribution >= 4 is 57.0 Å². The molecule has 1 N–H and O–H groups in total. The van der Waals surface area contributed by atoms with E-state index in [1.807, 2.05) is 24.5 Å². The third kappa shape index (κ3) is 4.23. The van der Waals surface area contributed by atoms with Crippen LogP contribution in [-0.2, 0) is 4.79 Å². The Morgan fingerprint density at radius 1 is 1.06 bits per heavy atom. The second-order valence-electron chi connectivity index (χ2n) is 7.88. The number of nitrogens with zero attached hydrogens (tertiary/aromatic N) is 4. The van der Waals surface area contributed by atoms with E-state index in [1.165, 1.54) is 23.9 Å². The second-order valence-corrected chi connectivity index (χ2v) is 9.59. The molecule has 31 heavy (non-hydrogen) atoms. The van der Waals surface area contributed by atoms with Gasteiger partial charge in [0.05, 0.1) is 15.9 Å². The molecule has 2 aliphatic rings. The molecule has 8 heteroatoms. The molecule has 0 aliphatic carbocycles. The highest BCUT2D eigenvalue weighted by Crippen LogP contribution is 2.28. The number of nitrogens with one attached hydrogen (secondary N) is 1. The van der Waals surface area contributed by atoms with Gasteiger partial charge in [-0.15, -0.1) is 0 Å². The lowest BCUT2D eigenvalue weighted by Gasteiger charge is -2.23. The SMILES string of the molecule is CN1CCCN(c2ccc(-n3cnc4ccc(C=C5SC(=S)NC5=O)cc43)cc2)CC1. The van der Waals surface area contributed by atoms with Gasteiger partial charge in [-0.1, -0.05) is 30.0 Å². The average molecular weight is 450 g/mol. The molecule has 2 saturated heterocycles. The summed E-state index contributed by atoms with van der Waals surface area (Å²) in [6, 6.07) is 14.7. The van der Waals surface area contributed by atoms with Gasteiger partial charge < -0.3 is 15.1 Å². The summed E-state index contributed by atoms with van der Waals surface area (Å²) in [5.74, 6) is -0.140. The van der Waals surface area contributed by atoms with E-state index in [-0.39, 0.29) is 5.91 Å². The second kappa shape index (κ2) is 8.45. The van der Waals surface area contributed by atoms with Crippen LogP contribution in [0.4, 0.5) is 5.69 Å². The molecule has 0 spiro atoms. The summed E-state index contributed by atoms with van der Waals surface area (Å²) in [5, 5.41) is 2.66. The molecular formula is C23H23N5OS2. The van der Waals surface area contributed by atoms with Crippen molar-refractivity contribution in [1.29, 1.82) is 0 Å². The Kier molecular flexibility index (Phi) is 5.52. The summed E-state index contributed by atoms with van der Waals surface area (Å²) in [6.45, 7) is 4.38. The zero-order valence-corrected chi connectivity index (χ0v) is 18.9. The molecule has 0 bridgehead atoms. The lowest BCUT2D eigenvalue weighted by atomic mass is 10.1. The summed E-state index contributed by atoms with van der Waals surface area (Å²) in [6.07, 6.45) is 4.91. The van der Waals surface area contributed by atoms with Gasteiger partial charge >= 0.3 is 0 Å². The van der Waals surface area contributed by atoms with Crippen LogP contribution in [-0.4, -0.2) is 57.9 Å². The maximum atomic E-state index is 12.0. The summed E-state index contributed by atoms with van der Waals surface area (Å²) < 4.78 is 2.59. The largest absolute Gasteiger partial charge is 0.370 e. The number of imidazole rings is 1. The minimum absolute atomic E-state index is 0.140. The Morgan fingerprint density at radius 2 is 1.87 bits per heavy atom. The number of carbonyl (C=O) groups excluding carboxylic acids is 1. The zero-order chi connectivity index (χ0) is 21.4. The van der Waals surface area contributed by atoms with Crippen LogP contribution < -0.4 is 10.2 Å². The predicted molar refractivity (Wildman–Crippen MR) is 132 cm³/mol. The first-order valence-electron chi connectivity index (χ1n) is 10.3. The van der Waals surface area contributed by atoms with Crippen LogP contribution in [0.3, 0.4) is 0 Å². The number of amides is 1. The van der Waals surface area contributed by atoms with Gasteiger partial charge in [-0.2, -0.15) is 0 Å². The first-order chi connectivity index (χ1) is 15.1. The minimum Gasteiger partial charge on any atom is -0.370 e. The van der Waals surface area contributed by atoms with Crippen LogP contribution in [0, 0.1) is 0 Å². The van der Waals surface area contributed by atoms with E-state index < -0.39 is 0 Å². The molecule has 5 rings (SSSR count). The number of fused-ring (bicyclic) bond motifs is 1. The van der Waals surface area contributed by atoms with Crippen LogP contribution in [0.25, 0.3) is 22.8 Å². The summed E-state index contributed by atoms with van der Waals surface area (Å²) in [5.41, 5.74) is 5.19. The van der Waals surface area contributed by atoms with Crippen molar-refractivity contribution < 1.29 is 4.79 Å². The highest BCUT2D eigenvalue weighted by molar-refractivity contribution is 8.26. The van der Waals surface area contributed by atoms with Gasteiger partial charge in [-0.25, -0.2) is 4.98 Å². The van der Waals surface area contributed by atoms with Crippen molar-refractivity contribution in [2.75, 3.05) is 38.1 Å². The fourth-order valence-electron chi connectivity index (χ4n) is 4.02. The van der Waals surface area contributed by atoms with Crippen molar-refractivity contribution in [2.45, 2.75) is 6.42 Å². The van der Waals surface area contributed by atoms with Crippen molar-refractivity contribution in [3.05, 3.63) is 59.3 Å². The highest BCUT2D eigenvalue weighted by Gasteiger charge is 2.22.